The highest BCUT2D eigenvalue weighted by Crippen LogP contribution is 2.34. The number of halogens is 3. The molecule has 1 unspecified atom stereocenters. The Morgan fingerprint density at radius 1 is 1.41 bits per heavy atom. The van der Waals surface area contributed by atoms with Crippen LogP contribution in [0.4, 0.5) is 18.9 Å². The van der Waals surface area contributed by atoms with Crippen molar-refractivity contribution in [2.45, 2.75) is 11.6 Å². The number of carbonyl (C=O) groups is 1. The fourth-order valence-electron chi connectivity index (χ4n) is 1.47. The molecule has 1 fully saturated rings. The third-order valence-electron chi connectivity index (χ3n) is 2.32. The van der Waals surface area contributed by atoms with Gasteiger partial charge in [0, 0.05) is 5.69 Å². The number of nitrogens with zero attached hydrogens (tertiary/aromatic N) is 1. The monoisotopic (exact) mass is 263 g/mol. The summed E-state index contributed by atoms with van der Waals surface area (Å²) in [6, 6.07) is 4.48. The van der Waals surface area contributed by atoms with E-state index in [1.807, 2.05) is 0 Å². The van der Waals surface area contributed by atoms with Gasteiger partial charge in [-0.05, 0) is 18.2 Å². The van der Waals surface area contributed by atoms with Crippen LogP contribution in [0.25, 0.3) is 0 Å². The largest absolute Gasteiger partial charge is 0.416 e. The first-order valence-corrected chi connectivity index (χ1v) is 5.73. The summed E-state index contributed by atoms with van der Waals surface area (Å²) < 4.78 is 37.4. The number of hydrogen-bond donors (Lipinski definition) is 1. The van der Waals surface area contributed by atoms with Crippen LogP contribution in [0.3, 0.4) is 0 Å². The minimum absolute atomic E-state index is 0.147. The summed E-state index contributed by atoms with van der Waals surface area (Å²) in [5.41, 5.74) is -1.85. The van der Waals surface area contributed by atoms with E-state index < -0.39 is 23.1 Å². The van der Waals surface area contributed by atoms with Gasteiger partial charge in [0.05, 0.1) is 11.4 Å². The molecule has 0 spiro atoms. The number of anilines is 1. The van der Waals surface area contributed by atoms with Crippen LogP contribution in [0, 0.1) is 0 Å². The normalized spacial score (nSPS) is 21.1. The minimum Gasteiger partial charge on any atom is -0.373 e. The van der Waals surface area contributed by atoms with E-state index in [4.69, 9.17) is 0 Å². The van der Waals surface area contributed by atoms with Crippen LogP contribution in [-0.4, -0.2) is 22.3 Å². The second-order valence-electron chi connectivity index (χ2n) is 3.46. The highest BCUT2D eigenvalue weighted by atomic mass is 32.2. The van der Waals surface area contributed by atoms with Crippen LogP contribution < -0.4 is 4.90 Å². The Labute approximate surface area is 99.2 Å². The fourth-order valence-corrected chi connectivity index (χ4v) is 2.30. The lowest BCUT2D eigenvalue weighted by atomic mass is 10.2. The van der Waals surface area contributed by atoms with Crippen LogP contribution >= 0.6 is 11.8 Å². The van der Waals surface area contributed by atoms with Crippen LogP contribution in [0.5, 0.6) is 0 Å². The average molecular weight is 263 g/mol. The summed E-state index contributed by atoms with van der Waals surface area (Å²) in [7, 11) is 0. The molecule has 17 heavy (non-hydrogen) atoms. The van der Waals surface area contributed by atoms with Gasteiger partial charge in [-0.2, -0.15) is 13.2 Å². The lowest BCUT2D eigenvalue weighted by Gasteiger charge is -2.16. The SMILES string of the molecule is O=C1C(O)SCN1c1cccc(C(F)(F)F)c1. The Morgan fingerprint density at radius 3 is 2.65 bits per heavy atom. The van der Waals surface area contributed by atoms with Crippen molar-refractivity contribution in [2.24, 2.45) is 0 Å². The first-order valence-electron chi connectivity index (χ1n) is 4.68. The van der Waals surface area contributed by atoms with Crippen LogP contribution in [-0.2, 0) is 11.0 Å². The molecule has 0 saturated carbocycles. The van der Waals surface area contributed by atoms with Crippen molar-refractivity contribution in [2.75, 3.05) is 10.8 Å². The summed E-state index contributed by atoms with van der Waals surface area (Å²) in [5, 5.41) is 9.21. The summed E-state index contributed by atoms with van der Waals surface area (Å²) in [5.74, 6) is -0.435. The van der Waals surface area contributed by atoms with Gasteiger partial charge < -0.3 is 5.11 Å². The molecule has 1 aliphatic heterocycles. The number of benzene rings is 1. The number of rotatable bonds is 1. The number of alkyl halides is 3. The molecule has 0 bridgehead atoms. The fraction of sp³-hybridized carbons (Fsp3) is 0.300. The molecule has 0 aromatic heterocycles. The maximum absolute atomic E-state index is 12.5. The van der Waals surface area contributed by atoms with Crippen LogP contribution in [0.1, 0.15) is 5.56 Å². The third kappa shape index (κ3) is 2.39. The first-order chi connectivity index (χ1) is 7.89. The average Bonchev–Trinajstić information content (AvgIpc) is 2.59. The standard InChI is InChI=1S/C10H8F3NO2S/c11-10(12,13)6-2-1-3-7(4-6)14-5-17-9(16)8(14)15/h1-4,9,16H,5H2. The molecular formula is C10H8F3NO2S. The van der Waals surface area contributed by atoms with Crippen molar-refractivity contribution in [1.29, 1.82) is 0 Å². The van der Waals surface area contributed by atoms with E-state index in [1.54, 1.807) is 0 Å². The van der Waals surface area contributed by atoms with Crippen molar-refractivity contribution in [3.63, 3.8) is 0 Å². The Kier molecular flexibility index (Phi) is 3.05. The number of hydrogen-bond acceptors (Lipinski definition) is 3. The topological polar surface area (TPSA) is 40.5 Å². The number of thioether (sulfide) groups is 1. The van der Waals surface area contributed by atoms with Gasteiger partial charge in [0.15, 0.2) is 5.44 Å². The van der Waals surface area contributed by atoms with E-state index in [0.29, 0.717) is 0 Å². The predicted molar refractivity (Wildman–Crippen MR) is 57.4 cm³/mol. The molecule has 0 radical (unpaired) electrons. The van der Waals surface area contributed by atoms with E-state index in [9.17, 15) is 23.1 Å². The number of aliphatic hydroxyl groups is 1. The molecule has 2 rings (SSSR count). The Morgan fingerprint density at radius 2 is 2.12 bits per heavy atom. The lowest BCUT2D eigenvalue weighted by Crippen LogP contribution is -2.29. The Hall–Kier alpha value is -1.21. The van der Waals surface area contributed by atoms with Gasteiger partial charge in [-0.3, -0.25) is 9.69 Å². The smallest absolute Gasteiger partial charge is 0.373 e. The molecule has 1 aromatic rings. The van der Waals surface area contributed by atoms with Crippen LogP contribution in [0.15, 0.2) is 24.3 Å². The summed E-state index contributed by atoms with van der Waals surface area (Å²) in [4.78, 5) is 12.6. The zero-order valence-corrected chi connectivity index (χ0v) is 9.26. The van der Waals surface area contributed by atoms with E-state index in [-0.39, 0.29) is 11.6 Å². The molecule has 1 aliphatic rings. The lowest BCUT2D eigenvalue weighted by molar-refractivity contribution is -0.137. The van der Waals surface area contributed by atoms with Crippen molar-refractivity contribution in [3.05, 3.63) is 29.8 Å². The summed E-state index contributed by atoms with van der Waals surface area (Å²) in [6.07, 6.45) is -4.44. The van der Waals surface area contributed by atoms with Gasteiger partial charge >= 0.3 is 6.18 Å². The molecule has 1 N–H and O–H groups in total. The quantitative estimate of drug-likeness (QED) is 0.843. The Bertz CT molecular complexity index is 449. The van der Waals surface area contributed by atoms with Gasteiger partial charge in [0.2, 0.25) is 0 Å². The van der Waals surface area contributed by atoms with E-state index >= 15 is 0 Å². The van der Waals surface area contributed by atoms with Gasteiger partial charge in [0.25, 0.3) is 5.91 Å². The van der Waals surface area contributed by atoms with Crippen LogP contribution in [0.2, 0.25) is 0 Å². The second kappa shape index (κ2) is 4.23. The van der Waals surface area contributed by atoms with Gasteiger partial charge in [-0.15, -0.1) is 0 Å². The highest BCUT2D eigenvalue weighted by Gasteiger charge is 2.34. The Balaban J connectivity index is 2.31. The second-order valence-corrected chi connectivity index (χ2v) is 4.50. The van der Waals surface area contributed by atoms with Crippen molar-refractivity contribution >= 4 is 23.4 Å². The highest BCUT2D eigenvalue weighted by molar-refractivity contribution is 8.01. The van der Waals surface area contributed by atoms with Crippen molar-refractivity contribution in [3.8, 4) is 0 Å². The molecule has 92 valence electrons. The molecule has 1 heterocycles. The summed E-state index contributed by atoms with van der Waals surface area (Å²) in [6.45, 7) is 0. The summed E-state index contributed by atoms with van der Waals surface area (Å²) >= 11 is 0.972. The zero-order valence-electron chi connectivity index (χ0n) is 8.44. The van der Waals surface area contributed by atoms with Gasteiger partial charge in [-0.1, -0.05) is 17.8 Å². The molecule has 1 atom stereocenters. The minimum atomic E-state index is -4.44. The predicted octanol–water partition coefficient (Wildman–Crippen LogP) is 2.06. The zero-order chi connectivity index (χ0) is 12.6. The molecule has 1 saturated heterocycles. The molecule has 1 aromatic carbocycles. The van der Waals surface area contributed by atoms with E-state index in [1.165, 1.54) is 12.1 Å². The molecule has 3 nitrogen and oxygen atoms in total. The van der Waals surface area contributed by atoms with Gasteiger partial charge in [-0.25, -0.2) is 0 Å². The molecule has 1 amide bonds. The third-order valence-corrected chi connectivity index (χ3v) is 3.25. The number of amides is 1. The number of aliphatic hydroxyl groups excluding tert-OH is 1. The maximum Gasteiger partial charge on any atom is 0.416 e. The van der Waals surface area contributed by atoms with E-state index in [0.717, 1.165) is 28.8 Å². The molecule has 7 heteroatoms. The molecular weight excluding hydrogens is 255 g/mol. The van der Waals surface area contributed by atoms with Crippen molar-refractivity contribution in [1.82, 2.24) is 0 Å². The number of carbonyl (C=O) groups excluding carboxylic acids is 1. The molecule has 0 aliphatic carbocycles. The van der Waals surface area contributed by atoms with Crippen molar-refractivity contribution < 1.29 is 23.1 Å². The van der Waals surface area contributed by atoms with E-state index in [2.05, 4.69) is 0 Å². The first kappa shape index (κ1) is 12.3. The maximum atomic E-state index is 12.5. The van der Waals surface area contributed by atoms with Gasteiger partial charge in [0.1, 0.15) is 0 Å².